The number of aryl methyl sites for hydroxylation is 2. The highest BCUT2D eigenvalue weighted by molar-refractivity contribution is 5.71. The maximum Gasteiger partial charge on any atom is 0.157 e. The maximum absolute atomic E-state index is 11.3. The second-order valence-electron chi connectivity index (χ2n) is 5.60. The Hall–Kier alpha value is -1.42. The van der Waals surface area contributed by atoms with Crippen LogP contribution in [-0.2, 0) is 4.74 Å². The highest BCUT2D eigenvalue weighted by atomic mass is 16.8. The molecule has 0 unspecified atom stereocenters. The predicted molar refractivity (Wildman–Crippen MR) is 79.5 cm³/mol. The monoisotopic (exact) mass is 313 g/mol. The summed E-state index contributed by atoms with van der Waals surface area (Å²) in [5, 5.41) is 52.4. The van der Waals surface area contributed by atoms with E-state index < -0.39 is 30.6 Å². The summed E-state index contributed by atoms with van der Waals surface area (Å²) in [7, 11) is 0. The van der Waals surface area contributed by atoms with E-state index in [2.05, 4.69) is 5.32 Å². The lowest BCUT2D eigenvalue weighted by molar-refractivity contribution is -0.209. The average molecular weight is 313 g/mol. The average Bonchev–Trinajstić information content (AvgIpc) is 2.45. The molecule has 1 fully saturated rings. The van der Waals surface area contributed by atoms with E-state index in [9.17, 15) is 25.7 Å². The Morgan fingerprint density at radius 3 is 2.27 bits per heavy atom. The highest BCUT2D eigenvalue weighted by Gasteiger charge is 2.41. The molecule has 22 heavy (non-hydrogen) atoms. The number of anilines is 2. The maximum atomic E-state index is 11.3. The molecule has 0 aromatic heterocycles. The minimum Gasteiger partial charge on any atom is -0.733 e. The van der Waals surface area contributed by atoms with Crippen LogP contribution in [0.4, 0.5) is 11.4 Å². The van der Waals surface area contributed by atoms with Crippen molar-refractivity contribution in [1.82, 2.24) is 0 Å². The van der Waals surface area contributed by atoms with Crippen molar-refractivity contribution in [3.8, 4) is 0 Å². The summed E-state index contributed by atoms with van der Waals surface area (Å²) in [4.78, 5) is 0. The van der Waals surface area contributed by atoms with Gasteiger partial charge in [0.2, 0.25) is 0 Å². The summed E-state index contributed by atoms with van der Waals surface area (Å²) < 4.78 is 5.42. The van der Waals surface area contributed by atoms with Crippen LogP contribution in [0.25, 0.3) is 0 Å². The summed E-state index contributed by atoms with van der Waals surface area (Å²) in [6, 6.07) is 3.12. The fourth-order valence-electron chi connectivity index (χ4n) is 2.40. The van der Waals surface area contributed by atoms with Gasteiger partial charge in [-0.3, -0.25) is 5.21 Å². The van der Waals surface area contributed by atoms with Gasteiger partial charge in [-0.25, -0.2) is 0 Å². The molecule has 1 aromatic rings. The third-order valence-corrected chi connectivity index (χ3v) is 3.97. The SMILES string of the molecule is Cc1cc(N[C@H]2O[C@@H](C)[C@H](O)[C@@H](O)[C@H]2O)c(N([O-])O)cc1C. The lowest BCUT2D eigenvalue weighted by Gasteiger charge is -2.40. The van der Waals surface area contributed by atoms with E-state index in [1.165, 1.54) is 6.07 Å². The van der Waals surface area contributed by atoms with Crippen molar-refractivity contribution < 1.29 is 25.3 Å². The van der Waals surface area contributed by atoms with Gasteiger partial charge in [0, 0.05) is 0 Å². The summed E-state index contributed by atoms with van der Waals surface area (Å²) in [6.07, 6.45) is -5.72. The van der Waals surface area contributed by atoms with Gasteiger partial charge in [-0.15, -0.1) is 0 Å². The number of nitrogens with one attached hydrogen (secondary N) is 1. The second kappa shape index (κ2) is 6.37. The number of hydrogen-bond donors (Lipinski definition) is 5. The zero-order chi connectivity index (χ0) is 16.6. The Morgan fingerprint density at radius 1 is 1.09 bits per heavy atom. The van der Waals surface area contributed by atoms with Crippen molar-refractivity contribution >= 4 is 11.4 Å². The predicted octanol–water partition coefficient (Wildman–Crippen LogP) is 0.236. The van der Waals surface area contributed by atoms with Gasteiger partial charge in [-0.1, -0.05) is 0 Å². The van der Waals surface area contributed by atoms with Crippen molar-refractivity contribution in [3.05, 3.63) is 28.5 Å². The molecule has 1 aliphatic rings. The molecule has 0 amide bonds. The molecule has 5 N–H and O–H groups in total. The quantitative estimate of drug-likeness (QED) is 0.502. The molecule has 5 atom stereocenters. The van der Waals surface area contributed by atoms with Gasteiger partial charge >= 0.3 is 0 Å². The molecule has 0 bridgehead atoms. The standard InChI is InChI=1S/C14H21N2O6/c1-6-4-9(10(16(20)21)5-7(6)2)15-14-13(19)12(18)11(17)8(3)22-14/h4-5,8,11-15,17-20H,1-3H3/q-1/t8-,11-,12+,13+,14-/m0/s1. The molecule has 124 valence electrons. The van der Waals surface area contributed by atoms with Crippen molar-refractivity contribution in [2.75, 3.05) is 10.5 Å². The molecule has 1 saturated heterocycles. The molecule has 2 rings (SSSR count). The van der Waals surface area contributed by atoms with E-state index in [0.29, 0.717) is 0 Å². The number of rotatable bonds is 3. The lowest BCUT2D eigenvalue weighted by Crippen LogP contribution is -2.58. The van der Waals surface area contributed by atoms with Gasteiger partial charge in [-0.05, 0) is 44.0 Å². The summed E-state index contributed by atoms with van der Waals surface area (Å²) in [5.41, 5.74) is 1.89. The summed E-state index contributed by atoms with van der Waals surface area (Å²) in [5.74, 6) is 0. The molecular weight excluding hydrogens is 292 g/mol. The zero-order valence-electron chi connectivity index (χ0n) is 12.6. The fourth-order valence-corrected chi connectivity index (χ4v) is 2.40. The third-order valence-electron chi connectivity index (χ3n) is 3.97. The van der Waals surface area contributed by atoms with Crippen molar-refractivity contribution in [1.29, 1.82) is 0 Å². The van der Waals surface area contributed by atoms with Crippen LogP contribution in [-0.4, -0.2) is 51.2 Å². The van der Waals surface area contributed by atoms with E-state index in [4.69, 9.17) is 4.74 Å². The Balaban J connectivity index is 2.28. The first-order valence-corrected chi connectivity index (χ1v) is 6.96. The number of hydrogen-bond acceptors (Lipinski definition) is 8. The molecular formula is C14H21N2O6-. The Bertz CT molecular complexity index is 538. The molecule has 0 saturated carbocycles. The van der Waals surface area contributed by atoms with Crippen LogP contribution in [0.2, 0.25) is 0 Å². The molecule has 1 aromatic carbocycles. The van der Waals surface area contributed by atoms with E-state index >= 15 is 0 Å². The molecule has 0 spiro atoms. The van der Waals surface area contributed by atoms with E-state index in [1.807, 2.05) is 6.92 Å². The highest BCUT2D eigenvalue weighted by Crippen LogP contribution is 2.31. The Labute approximate surface area is 128 Å². The van der Waals surface area contributed by atoms with Gasteiger partial charge in [0.05, 0.1) is 17.5 Å². The number of ether oxygens (including phenoxy) is 1. The van der Waals surface area contributed by atoms with Gasteiger partial charge in [0.15, 0.2) is 6.23 Å². The lowest BCUT2D eigenvalue weighted by atomic mass is 9.98. The third kappa shape index (κ3) is 3.17. The molecule has 1 heterocycles. The first-order chi connectivity index (χ1) is 10.2. The van der Waals surface area contributed by atoms with Crippen LogP contribution in [0.3, 0.4) is 0 Å². The second-order valence-corrected chi connectivity index (χ2v) is 5.60. The zero-order valence-corrected chi connectivity index (χ0v) is 12.6. The molecule has 1 aliphatic heterocycles. The fraction of sp³-hybridized carbons (Fsp3) is 0.571. The van der Waals surface area contributed by atoms with Crippen LogP contribution in [0.1, 0.15) is 18.1 Å². The van der Waals surface area contributed by atoms with E-state index in [0.717, 1.165) is 11.1 Å². The summed E-state index contributed by atoms with van der Waals surface area (Å²) in [6.45, 7) is 5.18. The van der Waals surface area contributed by atoms with Crippen LogP contribution >= 0.6 is 0 Å². The summed E-state index contributed by atoms with van der Waals surface area (Å²) >= 11 is 0. The van der Waals surface area contributed by atoms with E-state index in [-0.39, 0.29) is 16.6 Å². The van der Waals surface area contributed by atoms with Crippen molar-refractivity contribution in [2.45, 2.75) is 51.4 Å². The van der Waals surface area contributed by atoms with E-state index in [1.54, 1.807) is 19.9 Å². The minimum absolute atomic E-state index is 0.0350. The van der Waals surface area contributed by atoms with Crippen LogP contribution in [0, 0.1) is 19.1 Å². The van der Waals surface area contributed by atoms with Crippen LogP contribution < -0.4 is 10.5 Å². The number of benzene rings is 1. The van der Waals surface area contributed by atoms with Crippen LogP contribution in [0.5, 0.6) is 0 Å². The smallest absolute Gasteiger partial charge is 0.157 e. The van der Waals surface area contributed by atoms with Gasteiger partial charge < -0.3 is 35.8 Å². The van der Waals surface area contributed by atoms with Gasteiger partial charge in [0.1, 0.15) is 18.3 Å². The first-order valence-electron chi connectivity index (χ1n) is 6.96. The largest absolute Gasteiger partial charge is 0.733 e. The molecule has 0 aliphatic carbocycles. The van der Waals surface area contributed by atoms with Gasteiger partial charge in [0.25, 0.3) is 0 Å². The minimum atomic E-state index is -1.39. The molecule has 0 radical (unpaired) electrons. The first kappa shape index (κ1) is 16.9. The topological polar surface area (TPSA) is 128 Å². The molecule has 8 nitrogen and oxygen atoms in total. The Kier molecular flexibility index (Phi) is 4.90. The number of aliphatic hydroxyl groups is 3. The number of aliphatic hydroxyl groups excluding tert-OH is 3. The van der Waals surface area contributed by atoms with Crippen molar-refractivity contribution in [2.24, 2.45) is 0 Å². The number of nitrogens with zero attached hydrogens (tertiary/aromatic N) is 1. The molecule has 8 heteroatoms. The normalized spacial score (nSPS) is 31.9. The Morgan fingerprint density at radius 2 is 1.68 bits per heavy atom. The van der Waals surface area contributed by atoms with Crippen LogP contribution in [0.15, 0.2) is 12.1 Å². The van der Waals surface area contributed by atoms with Crippen molar-refractivity contribution in [3.63, 3.8) is 0 Å². The van der Waals surface area contributed by atoms with Gasteiger partial charge in [-0.2, -0.15) is 0 Å².